The number of hydrogen-bond acceptors (Lipinski definition) is 3. The maximum absolute atomic E-state index is 13.4. The van der Waals surface area contributed by atoms with E-state index in [4.69, 9.17) is 0 Å². The second kappa shape index (κ2) is 7.71. The molecule has 0 radical (unpaired) electrons. The Morgan fingerprint density at radius 1 is 0.966 bits per heavy atom. The monoisotopic (exact) mass is 390 g/mol. The second-order valence-corrected chi connectivity index (χ2v) is 8.40. The molecule has 150 valence electrons. The molecule has 2 aromatic carbocycles. The van der Waals surface area contributed by atoms with Gasteiger partial charge in [0, 0.05) is 31.6 Å². The van der Waals surface area contributed by atoms with Crippen molar-refractivity contribution in [2.24, 2.45) is 5.92 Å². The van der Waals surface area contributed by atoms with E-state index in [2.05, 4.69) is 50.9 Å². The fraction of sp³-hybridized carbons (Fsp3) is 0.417. The first-order valence-corrected chi connectivity index (χ1v) is 10.7. The van der Waals surface area contributed by atoms with E-state index in [9.17, 15) is 4.39 Å². The minimum Gasteiger partial charge on any atom is -0.306 e. The number of aryl methyl sites for hydroxylation is 2. The Labute approximate surface area is 171 Å². The lowest BCUT2D eigenvalue weighted by Crippen LogP contribution is -2.22. The molecule has 2 aliphatic heterocycles. The van der Waals surface area contributed by atoms with E-state index in [1.54, 1.807) is 0 Å². The molecule has 0 aliphatic carbocycles. The Morgan fingerprint density at radius 2 is 1.72 bits per heavy atom. The summed E-state index contributed by atoms with van der Waals surface area (Å²) in [7, 11) is 0. The van der Waals surface area contributed by atoms with Crippen molar-refractivity contribution in [3.8, 4) is 11.4 Å². The first-order chi connectivity index (χ1) is 14.2. The molecule has 0 saturated carbocycles. The lowest BCUT2D eigenvalue weighted by atomic mass is 9.98. The van der Waals surface area contributed by atoms with Crippen molar-refractivity contribution in [3.05, 3.63) is 71.3 Å². The van der Waals surface area contributed by atoms with E-state index in [0.29, 0.717) is 12.0 Å². The van der Waals surface area contributed by atoms with Crippen LogP contribution in [0.3, 0.4) is 0 Å². The predicted molar refractivity (Wildman–Crippen MR) is 112 cm³/mol. The van der Waals surface area contributed by atoms with Crippen molar-refractivity contribution in [1.29, 1.82) is 0 Å². The van der Waals surface area contributed by atoms with Crippen LogP contribution in [0.5, 0.6) is 0 Å². The number of fused-ring (bicyclic) bond motifs is 3. The highest BCUT2D eigenvalue weighted by Crippen LogP contribution is 2.38. The molecule has 3 heterocycles. The maximum Gasteiger partial charge on any atom is 0.164 e. The number of hydrogen-bond donors (Lipinski definition) is 0. The molecule has 2 atom stereocenters. The van der Waals surface area contributed by atoms with Gasteiger partial charge in [0.1, 0.15) is 11.6 Å². The zero-order valence-corrected chi connectivity index (χ0v) is 16.9. The molecule has 2 aliphatic rings. The minimum absolute atomic E-state index is 0.219. The summed E-state index contributed by atoms with van der Waals surface area (Å²) in [5.74, 6) is 2.35. The number of nitrogens with zero attached hydrogens (tertiary/aromatic N) is 4. The van der Waals surface area contributed by atoms with Crippen LogP contribution < -0.4 is 0 Å². The predicted octanol–water partition coefficient (Wildman–Crippen LogP) is 4.66. The summed E-state index contributed by atoms with van der Waals surface area (Å²) in [6.07, 6.45) is 4.43. The average Bonchev–Trinajstić information content (AvgIpc) is 3.29. The third-order valence-corrected chi connectivity index (χ3v) is 6.50. The lowest BCUT2D eigenvalue weighted by molar-refractivity contribution is 0.309. The molecular weight excluding hydrogens is 363 g/mol. The van der Waals surface area contributed by atoms with Crippen molar-refractivity contribution in [2.45, 2.75) is 45.2 Å². The van der Waals surface area contributed by atoms with Crippen LogP contribution in [0.15, 0.2) is 48.5 Å². The third kappa shape index (κ3) is 3.60. The van der Waals surface area contributed by atoms with Gasteiger partial charge >= 0.3 is 0 Å². The van der Waals surface area contributed by atoms with E-state index < -0.39 is 0 Å². The average molecular weight is 391 g/mol. The maximum atomic E-state index is 13.4. The lowest BCUT2D eigenvalue weighted by Gasteiger charge is -2.20. The summed E-state index contributed by atoms with van der Waals surface area (Å²) in [6.45, 7) is 5.30. The largest absolute Gasteiger partial charge is 0.306 e. The Hall–Kier alpha value is -2.53. The first kappa shape index (κ1) is 18.5. The Morgan fingerprint density at radius 3 is 2.48 bits per heavy atom. The highest BCUT2D eigenvalue weighted by Gasteiger charge is 2.38. The molecule has 29 heavy (non-hydrogen) atoms. The highest BCUT2D eigenvalue weighted by molar-refractivity contribution is 5.55. The fourth-order valence-electron chi connectivity index (χ4n) is 4.95. The zero-order valence-electron chi connectivity index (χ0n) is 16.9. The normalized spacial score (nSPS) is 21.6. The van der Waals surface area contributed by atoms with E-state index in [-0.39, 0.29) is 5.82 Å². The van der Waals surface area contributed by atoms with Crippen LogP contribution in [-0.4, -0.2) is 32.8 Å². The Kier molecular flexibility index (Phi) is 4.92. The number of aromatic nitrogens is 3. The Bertz CT molecular complexity index is 977. The third-order valence-electron chi connectivity index (χ3n) is 6.50. The molecule has 0 unspecified atom stereocenters. The van der Waals surface area contributed by atoms with Crippen molar-refractivity contribution in [2.75, 3.05) is 13.1 Å². The smallest absolute Gasteiger partial charge is 0.164 e. The van der Waals surface area contributed by atoms with Crippen molar-refractivity contribution >= 4 is 0 Å². The number of benzene rings is 2. The summed E-state index contributed by atoms with van der Waals surface area (Å²) >= 11 is 0. The molecule has 1 fully saturated rings. The van der Waals surface area contributed by atoms with Gasteiger partial charge in [-0.05, 0) is 60.6 Å². The number of likely N-dealkylation sites (tertiary alicyclic amines) is 1. The SMILES string of the molecule is CCc1ccc(CN2C[C@H]3CCCc4nnc(-c5ccc(F)cc5)n4[C@H]3C2)cc1. The van der Waals surface area contributed by atoms with Gasteiger partial charge in [-0.25, -0.2) is 4.39 Å². The zero-order chi connectivity index (χ0) is 19.8. The number of rotatable bonds is 4. The molecule has 0 spiro atoms. The van der Waals surface area contributed by atoms with E-state index in [0.717, 1.165) is 56.1 Å². The van der Waals surface area contributed by atoms with Gasteiger partial charge in [0.25, 0.3) is 0 Å². The molecule has 0 amide bonds. The van der Waals surface area contributed by atoms with Crippen LogP contribution in [0.2, 0.25) is 0 Å². The molecule has 5 heteroatoms. The van der Waals surface area contributed by atoms with Gasteiger partial charge in [-0.3, -0.25) is 4.90 Å². The molecule has 1 aromatic heterocycles. The topological polar surface area (TPSA) is 34.0 Å². The molecule has 0 bridgehead atoms. The Balaban J connectivity index is 1.41. The highest BCUT2D eigenvalue weighted by atomic mass is 19.1. The molecule has 3 aromatic rings. The summed E-state index contributed by atoms with van der Waals surface area (Å²) < 4.78 is 15.8. The van der Waals surface area contributed by atoms with Gasteiger partial charge in [0.2, 0.25) is 0 Å². The van der Waals surface area contributed by atoms with Gasteiger partial charge in [-0.2, -0.15) is 0 Å². The van der Waals surface area contributed by atoms with Gasteiger partial charge in [0.05, 0.1) is 6.04 Å². The second-order valence-electron chi connectivity index (χ2n) is 8.40. The molecule has 4 nitrogen and oxygen atoms in total. The summed E-state index contributed by atoms with van der Waals surface area (Å²) in [6, 6.07) is 16.0. The molecular formula is C24H27FN4. The summed E-state index contributed by atoms with van der Waals surface area (Å²) in [5, 5.41) is 9.00. The van der Waals surface area contributed by atoms with Crippen LogP contribution >= 0.6 is 0 Å². The van der Waals surface area contributed by atoms with Crippen molar-refractivity contribution in [3.63, 3.8) is 0 Å². The quantitative estimate of drug-likeness (QED) is 0.650. The van der Waals surface area contributed by atoms with Crippen LogP contribution in [0.1, 0.15) is 42.8 Å². The summed E-state index contributed by atoms with van der Waals surface area (Å²) in [4.78, 5) is 2.57. The van der Waals surface area contributed by atoms with E-state index >= 15 is 0 Å². The van der Waals surface area contributed by atoms with E-state index in [1.165, 1.54) is 29.7 Å². The van der Waals surface area contributed by atoms with Gasteiger partial charge in [-0.1, -0.05) is 31.2 Å². The number of halogens is 1. The standard InChI is InChI=1S/C24H27FN4/c1-2-17-6-8-18(9-7-17)14-28-15-20-4-3-5-23-26-27-24(29(23)22(20)16-28)19-10-12-21(25)13-11-19/h6-13,20,22H,2-5,14-16H2,1H3/t20-,22+/m1/s1. The minimum atomic E-state index is -0.219. The van der Waals surface area contributed by atoms with Crippen LogP contribution in [0.4, 0.5) is 4.39 Å². The van der Waals surface area contributed by atoms with Gasteiger partial charge < -0.3 is 4.57 Å². The molecule has 1 saturated heterocycles. The van der Waals surface area contributed by atoms with Crippen molar-refractivity contribution < 1.29 is 4.39 Å². The van der Waals surface area contributed by atoms with Gasteiger partial charge in [0.15, 0.2) is 5.82 Å². The molecule has 5 rings (SSSR count). The van der Waals surface area contributed by atoms with E-state index in [1.807, 2.05) is 12.1 Å². The van der Waals surface area contributed by atoms with Gasteiger partial charge in [-0.15, -0.1) is 10.2 Å². The van der Waals surface area contributed by atoms with Crippen LogP contribution in [-0.2, 0) is 19.4 Å². The van der Waals surface area contributed by atoms with Crippen LogP contribution in [0.25, 0.3) is 11.4 Å². The first-order valence-electron chi connectivity index (χ1n) is 10.7. The summed E-state index contributed by atoms with van der Waals surface area (Å²) in [5.41, 5.74) is 3.71. The fourth-order valence-corrected chi connectivity index (χ4v) is 4.95. The van der Waals surface area contributed by atoms with Crippen LogP contribution in [0, 0.1) is 11.7 Å². The van der Waals surface area contributed by atoms with Crippen molar-refractivity contribution in [1.82, 2.24) is 19.7 Å². The molecule has 0 N–H and O–H groups in total.